The molecule has 0 saturated heterocycles. The molecule has 8 heteroatoms. The van der Waals surface area contributed by atoms with Crippen LogP contribution in [0.1, 0.15) is 10.5 Å². The molecule has 0 spiro atoms. The number of nitrogens with zero attached hydrogens (tertiary/aromatic N) is 1. The number of ether oxygens (including phenoxy) is 1. The van der Waals surface area contributed by atoms with Crippen LogP contribution < -0.4 is 10.9 Å². The fraction of sp³-hybridized carbons (Fsp3) is 0.111. The number of rotatable bonds is 5. The first-order chi connectivity index (χ1) is 12.6. The van der Waals surface area contributed by atoms with Crippen LogP contribution in [0.4, 0.5) is 5.69 Å². The van der Waals surface area contributed by atoms with Gasteiger partial charge < -0.3 is 10.1 Å². The Hall–Kier alpha value is -3.13. The van der Waals surface area contributed by atoms with E-state index in [1.54, 1.807) is 36.4 Å². The lowest BCUT2D eigenvalue weighted by molar-refractivity contribution is -0.119. The van der Waals surface area contributed by atoms with Crippen molar-refractivity contribution in [2.24, 2.45) is 0 Å². The molecule has 0 bridgehead atoms. The third kappa shape index (κ3) is 3.75. The molecule has 1 heterocycles. The van der Waals surface area contributed by atoms with E-state index in [4.69, 9.17) is 4.74 Å². The van der Waals surface area contributed by atoms with Crippen molar-refractivity contribution >= 4 is 40.1 Å². The molecule has 7 nitrogen and oxygen atoms in total. The quantitative estimate of drug-likeness (QED) is 0.529. The minimum absolute atomic E-state index is 0.0440. The fourth-order valence-electron chi connectivity index (χ4n) is 2.40. The number of aromatic nitrogens is 2. The van der Waals surface area contributed by atoms with Crippen LogP contribution in [-0.4, -0.2) is 34.9 Å². The number of fused-ring (bicyclic) bond motifs is 1. The third-order valence-electron chi connectivity index (χ3n) is 3.60. The molecule has 2 aromatic carbocycles. The Labute approximate surface area is 152 Å². The summed E-state index contributed by atoms with van der Waals surface area (Å²) in [5.74, 6) is -1.25. The Balaban J connectivity index is 1.70. The number of carbonyl (C=O) groups is 2. The van der Waals surface area contributed by atoms with E-state index in [-0.39, 0.29) is 5.69 Å². The highest BCUT2D eigenvalue weighted by Gasteiger charge is 2.17. The van der Waals surface area contributed by atoms with Gasteiger partial charge in [-0.15, -0.1) is 11.8 Å². The summed E-state index contributed by atoms with van der Waals surface area (Å²) in [5, 5.41) is 9.40. The Morgan fingerprint density at radius 1 is 1.12 bits per heavy atom. The van der Waals surface area contributed by atoms with E-state index >= 15 is 0 Å². The van der Waals surface area contributed by atoms with Crippen LogP contribution in [0.3, 0.4) is 0 Å². The maximum absolute atomic E-state index is 12.3. The molecule has 1 amide bonds. The average molecular weight is 369 g/mol. The zero-order chi connectivity index (χ0) is 18.5. The number of hydrogen-bond acceptors (Lipinski definition) is 6. The number of H-pyrrole nitrogens is 1. The molecule has 2 N–H and O–H groups in total. The zero-order valence-electron chi connectivity index (χ0n) is 13.8. The van der Waals surface area contributed by atoms with Gasteiger partial charge in [0.1, 0.15) is 0 Å². The summed E-state index contributed by atoms with van der Waals surface area (Å²) in [7, 11) is 0. The Bertz CT molecular complexity index is 1030. The summed E-state index contributed by atoms with van der Waals surface area (Å²) in [6.45, 7) is -0.462. The van der Waals surface area contributed by atoms with Crippen LogP contribution in [0.25, 0.3) is 10.8 Å². The number of benzene rings is 2. The molecule has 0 unspecified atom stereocenters. The first-order valence-corrected chi connectivity index (χ1v) is 8.90. The van der Waals surface area contributed by atoms with Crippen molar-refractivity contribution < 1.29 is 14.3 Å². The number of aromatic amines is 1. The monoisotopic (exact) mass is 369 g/mol. The van der Waals surface area contributed by atoms with Gasteiger partial charge in [-0.25, -0.2) is 9.89 Å². The van der Waals surface area contributed by atoms with Gasteiger partial charge in [0.25, 0.3) is 11.5 Å². The molecular formula is C18H15N3O4S. The van der Waals surface area contributed by atoms with E-state index < -0.39 is 24.0 Å². The van der Waals surface area contributed by atoms with Crippen LogP contribution >= 0.6 is 11.8 Å². The molecule has 0 saturated carbocycles. The second-order valence-electron chi connectivity index (χ2n) is 5.27. The third-order valence-corrected chi connectivity index (χ3v) is 4.40. The summed E-state index contributed by atoms with van der Waals surface area (Å²) in [6, 6.07) is 13.9. The van der Waals surface area contributed by atoms with Crippen molar-refractivity contribution in [3.05, 3.63) is 64.6 Å². The molecule has 0 radical (unpaired) electrons. The van der Waals surface area contributed by atoms with Crippen LogP contribution in [0.15, 0.2) is 58.2 Å². The average Bonchev–Trinajstić information content (AvgIpc) is 2.67. The fourth-order valence-corrected chi connectivity index (χ4v) is 2.96. The topological polar surface area (TPSA) is 101 Å². The second kappa shape index (κ2) is 7.83. The van der Waals surface area contributed by atoms with E-state index in [1.807, 2.05) is 18.4 Å². The van der Waals surface area contributed by atoms with Gasteiger partial charge in [-0.3, -0.25) is 9.59 Å². The molecule has 0 fully saturated rings. The number of nitrogens with one attached hydrogen (secondary N) is 2. The number of para-hydroxylation sites is 1. The van der Waals surface area contributed by atoms with Gasteiger partial charge in [0.05, 0.1) is 11.1 Å². The number of amides is 1. The van der Waals surface area contributed by atoms with Crippen LogP contribution in [0, 0.1) is 0 Å². The number of thioether (sulfide) groups is 1. The predicted octanol–water partition coefficient (Wildman–Crippen LogP) is 2.44. The van der Waals surface area contributed by atoms with Gasteiger partial charge >= 0.3 is 5.97 Å². The molecule has 0 aliphatic heterocycles. The molecule has 3 rings (SSSR count). The van der Waals surface area contributed by atoms with Gasteiger partial charge in [0.2, 0.25) is 0 Å². The van der Waals surface area contributed by atoms with Crippen molar-refractivity contribution in [3.8, 4) is 0 Å². The van der Waals surface area contributed by atoms with Crippen molar-refractivity contribution in [2.45, 2.75) is 4.90 Å². The standard InChI is InChI=1S/C18H15N3O4S/c1-26-14-9-5-4-8-13(14)19-15(22)10-25-18(24)16-11-6-2-3-7-12(11)17(23)21-20-16/h2-9H,10H2,1H3,(H,19,22)(H,21,23). The smallest absolute Gasteiger partial charge is 0.359 e. The van der Waals surface area contributed by atoms with E-state index in [1.165, 1.54) is 11.8 Å². The van der Waals surface area contributed by atoms with Crippen LogP contribution in [0.2, 0.25) is 0 Å². The lowest BCUT2D eigenvalue weighted by Crippen LogP contribution is -2.23. The van der Waals surface area contributed by atoms with Crippen LogP contribution in [0.5, 0.6) is 0 Å². The van der Waals surface area contributed by atoms with Crippen LogP contribution in [-0.2, 0) is 9.53 Å². The SMILES string of the molecule is CSc1ccccc1NC(=O)COC(=O)c1n[nH]c(=O)c2ccccc12. The highest BCUT2D eigenvalue weighted by atomic mass is 32.2. The zero-order valence-corrected chi connectivity index (χ0v) is 14.6. The Kier molecular flexibility index (Phi) is 5.33. The summed E-state index contributed by atoms with van der Waals surface area (Å²) in [5.41, 5.74) is 0.203. The lowest BCUT2D eigenvalue weighted by Gasteiger charge is -2.10. The molecule has 0 aliphatic carbocycles. The van der Waals surface area contributed by atoms with Gasteiger partial charge in [-0.2, -0.15) is 5.10 Å². The van der Waals surface area contributed by atoms with Gasteiger partial charge in [-0.05, 0) is 24.5 Å². The molecule has 3 aromatic rings. The normalized spacial score (nSPS) is 10.5. The minimum Gasteiger partial charge on any atom is -0.451 e. The van der Waals surface area contributed by atoms with Gasteiger partial charge in [0.15, 0.2) is 12.3 Å². The highest BCUT2D eigenvalue weighted by Crippen LogP contribution is 2.24. The number of esters is 1. The lowest BCUT2D eigenvalue weighted by atomic mass is 10.1. The van der Waals surface area contributed by atoms with Crippen molar-refractivity contribution in [1.29, 1.82) is 0 Å². The molecular weight excluding hydrogens is 354 g/mol. The minimum atomic E-state index is -0.786. The predicted molar refractivity (Wildman–Crippen MR) is 99.5 cm³/mol. The number of anilines is 1. The first kappa shape index (κ1) is 17.7. The van der Waals surface area contributed by atoms with E-state index in [2.05, 4.69) is 15.5 Å². The van der Waals surface area contributed by atoms with Crippen molar-refractivity contribution in [1.82, 2.24) is 10.2 Å². The van der Waals surface area contributed by atoms with Crippen molar-refractivity contribution in [3.63, 3.8) is 0 Å². The highest BCUT2D eigenvalue weighted by molar-refractivity contribution is 7.98. The summed E-state index contributed by atoms with van der Waals surface area (Å²) in [6.07, 6.45) is 1.90. The van der Waals surface area contributed by atoms with Crippen molar-refractivity contribution in [2.75, 3.05) is 18.2 Å². The summed E-state index contributed by atoms with van der Waals surface area (Å²) < 4.78 is 5.04. The van der Waals surface area contributed by atoms with Gasteiger partial charge in [-0.1, -0.05) is 30.3 Å². The van der Waals surface area contributed by atoms with E-state index in [0.29, 0.717) is 16.5 Å². The van der Waals surface area contributed by atoms with Gasteiger partial charge in [0, 0.05) is 10.3 Å². The molecule has 132 valence electrons. The Morgan fingerprint density at radius 3 is 2.58 bits per heavy atom. The number of hydrogen-bond donors (Lipinski definition) is 2. The second-order valence-corrected chi connectivity index (χ2v) is 6.12. The maximum atomic E-state index is 12.3. The number of carbonyl (C=O) groups excluding carboxylic acids is 2. The summed E-state index contributed by atoms with van der Waals surface area (Å²) >= 11 is 1.50. The summed E-state index contributed by atoms with van der Waals surface area (Å²) in [4.78, 5) is 37.0. The maximum Gasteiger partial charge on any atom is 0.359 e. The van der Waals surface area contributed by atoms with E-state index in [0.717, 1.165) is 4.90 Å². The molecule has 0 atom stereocenters. The molecule has 1 aromatic heterocycles. The molecule has 26 heavy (non-hydrogen) atoms. The van der Waals surface area contributed by atoms with E-state index in [9.17, 15) is 14.4 Å². The first-order valence-electron chi connectivity index (χ1n) is 7.67. The molecule has 0 aliphatic rings. The largest absolute Gasteiger partial charge is 0.451 e. The Morgan fingerprint density at radius 2 is 1.81 bits per heavy atom.